The van der Waals surface area contributed by atoms with Crippen molar-refractivity contribution in [1.82, 2.24) is 5.32 Å². The first-order chi connectivity index (χ1) is 22.8. The average Bonchev–Trinajstić information content (AvgIpc) is 3.05. The lowest BCUT2D eigenvalue weighted by atomic mass is 10.0. The average molecular weight is 692 g/mol. The molecule has 0 rings (SSSR count). The van der Waals surface area contributed by atoms with Gasteiger partial charge in [-0.15, -0.1) is 0 Å². The lowest BCUT2D eigenvalue weighted by Crippen LogP contribution is -2.27. The van der Waals surface area contributed by atoms with E-state index in [1.54, 1.807) is 0 Å². The Bertz CT molecular complexity index is 754. The minimum absolute atomic E-state index is 0.0867. The summed E-state index contributed by atoms with van der Waals surface area (Å²) in [5, 5.41) is 12.6. The second kappa shape index (κ2) is 34.9. The molecule has 0 aliphatic carbocycles. The van der Waals surface area contributed by atoms with Gasteiger partial charge in [0.25, 0.3) is 0 Å². The molecule has 0 saturated heterocycles. The topological polar surface area (TPSA) is 131 Å². The SMILES string of the molecule is CCCCCCCCCCCCCCCCCCCCC(=O)OCC(O)COP(=O)(O)OCCNC(=O)CCCCCCCCCC. The number of nitrogens with one attached hydrogen (secondary N) is 1. The first-order valence-corrected chi connectivity index (χ1v) is 21.0. The van der Waals surface area contributed by atoms with Crippen LogP contribution in [0.15, 0.2) is 0 Å². The highest BCUT2D eigenvalue weighted by Gasteiger charge is 2.23. The zero-order valence-electron chi connectivity index (χ0n) is 30.5. The number of amides is 1. The van der Waals surface area contributed by atoms with Gasteiger partial charge in [0.15, 0.2) is 0 Å². The minimum atomic E-state index is -4.40. The second-order valence-corrected chi connectivity index (χ2v) is 14.7. The maximum Gasteiger partial charge on any atom is 0.472 e. The van der Waals surface area contributed by atoms with E-state index >= 15 is 0 Å². The highest BCUT2D eigenvalue weighted by atomic mass is 31.2. The molecule has 0 aromatic carbocycles. The zero-order valence-corrected chi connectivity index (χ0v) is 31.4. The van der Waals surface area contributed by atoms with E-state index in [9.17, 15) is 24.2 Å². The van der Waals surface area contributed by atoms with Gasteiger partial charge in [0.2, 0.25) is 5.91 Å². The summed E-state index contributed by atoms with van der Waals surface area (Å²) in [6, 6.07) is 0. The molecule has 0 heterocycles. The molecular formula is C37H74NO8P. The molecule has 1 amide bonds. The fraction of sp³-hybridized carbons (Fsp3) is 0.946. The molecule has 2 unspecified atom stereocenters. The van der Waals surface area contributed by atoms with E-state index in [-0.39, 0.29) is 25.7 Å². The zero-order chi connectivity index (χ0) is 34.7. The van der Waals surface area contributed by atoms with Crippen molar-refractivity contribution in [3.05, 3.63) is 0 Å². The number of rotatable bonds is 37. The van der Waals surface area contributed by atoms with E-state index < -0.39 is 26.5 Å². The predicted molar refractivity (Wildman–Crippen MR) is 192 cm³/mol. The van der Waals surface area contributed by atoms with E-state index in [4.69, 9.17) is 13.8 Å². The number of carbonyl (C=O) groups is 2. The Morgan fingerprint density at radius 3 is 1.38 bits per heavy atom. The molecule has 0 radical (unpaired) electrons. The number of phosphoric acid groups is 1. The molecular weight excluding hydrogens is 617 g/mol. The van der Waals surface area contributed by atoms with Gasteiger partial charge in [0.1, 0.15) is 12.7 Å². The smallest absolute Gasteiger partial charge is 0.463 e. The molecule has 0 aliphatic rings. The molecule has 9 nitrogen and oxygen atoms in total. The van der Waals surface area contributed by atoms with Gasteiger partial charge in [0, 0.05) is 19.4 Å². The molecule has 0 aromatic rings. The Balaban J connectivity index is 3.55. The molecule has 0 aliphatic heterocycles. The molecule has 280 valence electrons. The fourth-order valence-electron chi connectivity index (χ4n) is 5.56. The third-order valence-corrected chi connectivity index (χ3v) is 9.52. The number of aliphatic hydroxyl groups excluding tert-OH is 1. The number of carbonyl (C=O) groups excluding carboxylic acids is 2. The number of hydrogen-bond donors (Lipinski definition) is 3. The Morgan fingerprint density at radius 2 is 0.957 bits per heavy atom. The maximum atomic E-state index is 12.0. The van der Waals surface area contributed by atoms with Crippen LogP contribution in [0.2, 0.25) is 0 Å². The molecule has 3 N–H and O–H groups in total. The Labute approximate surface area is 288 Å². The maximum absolute atomic E-state index is 12.0. The first-order valence-electron chi connectivity index (χ1n) is 19.5. The second-order valence-electron chi connectivity index (χ2n) is 13.3. The van der Waals surface area contributed by atoms with Gasteiger partial charge in [-0.2, -0.15) is 0 Å². The summed E-state index contributed by atoms with van der Waals surface area (Å²) >= 11 is 0. The molecule has 0 aromatic heterocycles. The monoisotopic (exact) mass is 692 g/mol. The van der Waals surface area contributed by atoms with Crippen molar-refractivity contribution in [1.29, 1.82) is 0 Å². The van der Waals surface area contributed by atoms with Crippen LogP contribution in [0.4, 0.5) is 0 Å². The van der Waals surface area contributed by atoms with Gasteiger partial charge in [-0.25, -0.2) is 4.57 Å². The van der Waals surface area contributed by atoms with Crippen LogP contribution in [-0.4, -0.2) is 54.3 Å². The molecule has 10 heteroatoms. The van der Waals surface area contributed by atoms with Gasteiger partial charge in [-0.3, -0.25) is 18.6 Å². The van der Waals surface area contributed by atoms with E-state index in [0.717, 1.165) is 38.5 Å². The summed E-state index contributed by atoms with van der Waals surface area (Å²) in [6.45, 7) is 3.54. The van der Waals surface area contributed by atoms with Crippen LogP contribution >= 0.6 is 7.82 Å². The number of aliphatic hydroxyl groups is 1. The van der Waals surface area contributed by atoms with Crippen molar-refractivity contribution in [3.8, 4) is 0 Å². The summed E-state index contributed by atoms with van der Waals surface area (Å²) < 4.78 is 26.7. The predicted octanol–water partition coefficient (Wildman–Crippen LogP) is 10.1. The van der Waals surface area contributed by atoms with Gasteiger partial charge < -0.3 is 20.1 Å². The summed E-state index contributed by atoms with van der Waals surface area (Å²) in [5.74, 6) is -0.512. The molecule has 47 heavy (non-hydrogen) atoms. The Hall–Kier alpha value is -0.990. The summed E-state index contributed by atoms with van der Waals surface area (Å²) in [6.07, 6.45) is 31.9. The van der Waals surface area contributed by atoms with Crippen LogP contribution in [-0.2, 0) is 27.9 Å². The van der Waals surface area contributed by atoms with Crippen LogP contribution in [0, 0.1) is 0 Å². The van der Waals surface area contributed by atoms with Crippen molar-refractivity contribution < 1.29 is 37.9 Å². The van der Waals surface area contributed by atoms with Crippen LogP contribution in [0.1, 0.15) is 194 Å². The summed E-state index contributed by atoms with van der Waals surface area (Å²) in [7, 11) is -4.40. The molecule has 0 saturated carbocycles. The number of esters is 1. The van der Waals surface area contributed by atoms with Crippen molar-refractivity contribution in [2.75, 3.05) is 26.4 Å². The lowest BCUT2D eigenvalue weighted by Gasteiger charge is -2.15. The van der Waals surface area contributed by atoms with Crippen molar-refractivity contribution in [3.63, 3.8) is 0 Å². The van der Waals surface area contributed by atoms with Gasteiger partial charge in [0.05, 0.1) is 13.2 Å². The van der Waals surface area contributed by atoms with E-state index in [2.05, 4.69) is 19.2 Å². The number of ether oxygens (including phenoxy) is 1. The molecule has 0 bridgehead atoms. The number of hydrogen-bond acceptors (Lipinski definition) is 7. The van der Waals surface area contributed by atoms with Gasteiger partial charge in [-0.1, -0.05) is 168 Å². The van der Waals surface area contributed by atoms with Crippen molar-refractivity contribution in [2.45, 2.75) is 200 Å². The lowest BCUT2D eigenvalue weighted by molar-refractivity contribution is -0.147. The first kappa shape index (κ1) is 46.0. The standard InChI is InChI=1S/C37H74NO8P/c1-3-5-7-9-11-13-14-15-16-17-18-19-20-21-22-24-26-28-30-37(41)44-33-35(39)34-46-47(42,43)45-32-31-38-36(40)29-27-25-23-12-10-8-6-4-2/h35,39H,3-34H2,1-2H3,(H,38,40)(H,42,43). The van der Waals surface area contributed by atoms with Crippen LogP contribution < -0.4 is 5.32 Å². The van der Waals surface area contributed by atoms with E-state index in [1.807, 2.05) is 0 Å². The highest BCUT2D eigenvalue weighted by Crippen LogP contribution is 2.42. The largest absolute Gasteiger partial charge is 0.472 e. The quantitative estimate of drug-likeness (QED) is 0.0333. The van der Waals surface area contributed by atoms with Crippen LogP contribution in [0.5, 0.6) is 0 Å². The normalized spacial score (nSPS) is 13.4. The van der Waals surface area contributed by atoms with E-state index in [1.165, 1.54) is 128 Å². The van der Waals surface area contributed by atoms with Gasteiger partial charge >= 0.3 is 13.8 Å². The highest BCUT2D eigenvalue weighted by molar-refractivity contribution is 7.47. The van der Waals surface area contributed by atoms with Crippen LogP contribution in [0.3, 0.4) is 0 Å². The third kappa shape index (κ3) is 36.1. The fourth-order valence-corrected chi connectivity index (χ4v) is 6.31. The van der Waals surface area contributed by atoms with E-state index in [0.29, 0.717) is 12.8 Å². The Kier molecular flexibility index (Phi) is 34.1. The molecule has 0 fully saturated rings. The molecule has 0 spiro atoms. The van der Waals surface area contributed by atoms with Crippen molar-refractivity contribution in [2.24, 2.45) is 0 Å². The van der Waals surface area contributed by atoms with Crippen molar-refractivity contribution >= 4 is 19.7 Å². The summed E-state index contributed by atoms with van der Waals surface area (Å²) in [5.41, 5.74) is 0. The minimum Gasteiger partial charge on any atom is -0.463 e. The van der Waals surface area contributed by atoms with Gasteiger partial charge in [-0.05, 0) is 12.8 Å². The molecule has 2 atom stereocenters. The third-order valence-electron chi connectivity index (χ3n) is 8.54. The summed E-state index contributed by atoms with van der Waals surface area (Å²) in [4.78, 5) is 33.6. The number of phosphoric ester groups is 1. The Morgan fingerprint density at radius 1 is 0.574 bits per heavy atom. The van der Waals surface area contributed by atoms with Crippen LogP contribution in [0.25, 0.3) is 0 Å². The number of unbranched alkanes of at least 4 members (excludes halogenated alkanes) is 24.